The maximum absolute atomic E-state index is 10.9. The first kappa shape index (κ1) is 15.1. The molecule has 2 saturated carbocycles. The number of rotatable bonds is 4. The number of aliphatic hydroxyl groups excluding tert-OH is 1. The van der Waals surface area contributed by atoms with Crippen LogP contribution in [0.5, 0.6) is 0 Å². The SMILES string of the molecule is COC1(C(O)c2ccc(C3CCC3)cc2)CCC(C)CC1. The van der Waals surface area contributed by atoms with E-state index in [1.165, 1.54) is 24.8 Å². The Morgan fingerprint density at radius 2 is 1.71 bits per heavy atom. The van der Waals surface area contributed by atoms with Gasteiger partial charge in [0.1, 0.15) is 6.10 Å². The summed E-state index contributed by atoms with van der Waals surface area (Å²) in [6.07, 6.45) is 7.69. The Kier molecular flexibility index (Phi) is 4.37. The zero-order valence-corrected chi connectivity index (χ0v) is 13.3. The van der Waals surface area contributed by atoms with Crippen molar-refractivity contribution < 1.29 is 9.84 Å². The van der Waals surface area contributed by atoms with E-state index in [1.54, 1.807) is 7.11 Å². The van der Waals surface area contributed by atoms with Gasteiger partial charge in [-0.3, -0.25) is 0 Å². The molecule has 3 rings (SSSR count). The van der Waals surface area contributed by atoms with E-state index in [9.17, 15) is 5.11 Å². The van der Waals surface area contributed by atoms with Gasteiger partial charge in [-0.2, -0.15) is 0 Å². The number of aliphatic hydroxyl groups is 1. The van der Waals surface area contributed by atoms with Gasteiger partial charge in [0, 0.05) is 7.11 Å². The molecule has 0 heterocycles. The number of ether oxygens (including phenoxy) is 1. The van der Waals surface area contributed by atoms with E-state index >= 15 is 0 Å². The molecule has 0 aliphatic heterocycles. The maximum Gasteiger partial charge on any atom is 0.108 e. The average molecular weight is 288 g/mol. The molecule has 2 heteroatoms. The first-order valence-electron chi connectivity index (χ1n) is 8.48. The highest BCUT2D eigenvalue weighted by Gasteiger charge is 2.41. The Labute approximate surface area is 128 Å². The Morgan fingerprint density at radius 3 is 2.19 bits per heavy atom. The van der Waals surface area contributed by atoms with E-state index in [4.69, 9.17) is 4.74 Å². The minimum atomic E-state index is -0.509. The average Bonchev–Trinajstić information content (AvgIpc) is 2.47. The van der Waals surface area contributed by atoms with Gasteiger partial charge in [0.05, 0.1) is 5.60 Å². The molecule has 21 heavy (non-hydrogen) atoms. The van der Waals surface area contributed by atoms with E-state index < -0.39 is 6.10 Å². The van der Waals surface area contributed by atoms with Gasteiger partial charge in [-0.1, -0.05) is 37.6 Å². The molecule has 2 aliphatic rings. The number of hydrogen-bond acceptors (Lipinski definition) is 2. The zero-order chi connectivity index (χ0) is 14.9. The normalized spacial score (nSPS) is 31.7. The molecule has 116 valence electrons. The predicted molar refractivity (Wildman–Crippen MR) is 85.4 cm³/mol. The van der Waals surface area contributed by atoms with Crippen LogP contribution < -0.4 is 0 Å². The molecule has 1 N–H and O–H groups in total. The third-order valence-electron chi connectivity index (χ3n) is 5.85. The monoisotopic (exact) mass is 288 g/mol. The van der Waals surface area contributed by atoms with Crippen molar-refractivity contribution in [3.63, 3.8) is 0 Å². The van der Waals surface area contributed by atoms with Crippen LogP contribution in [-0.2, 0) is 4.74 Å². The van der Waals surface area contributed by atoms with E-state index in [0.29, 0.717) is 0 Å². The fraction of sp³-hybridized carbons (Fsp3) is 0.684. The van der Waals surface area contributed by atoms with Gasteiger partial charge in [0.25, 0.3) is 0 Å². The number of methoxy groups -OCH3 is 1. The highest BCUT2D eigenvalue weighted by atomic mass is 16.5. The lowest BCUT2D eigenvalue weighted by atomic mass is 9.74. The van der Waals surface area contributed by atoms with Gasteiger partial charge in [-0.15, -0.1) is 0 Å². The van der Waals surface area contributed by atoms with Crippen LogP contribution in [-0.4, -0.2) is 17.8 Å². The molecular weight excluding hydrogens is 260 g/mol. The van der Waals surface area contributed by atoms with Crippen molar-refractivity contribution in [2.45, 2.75) is 69.5 Å². The summed E-state index contributed by atoms with van der Waals surface area (Å²) in [5.74, 6) is 1.50. The smallest absolute Gasteiger partial charge is 0.108 e. The van der Waals surface area contributed by atoms with Crippen LogP contribution in [0.2, 0.25) is 0 Å². The molecule has 0 aromatic heterocycles. The van der Waals surface area contributed by atoms with Crippen LogP contribution in [0.4, 0.5) is 0 Å². The highest BCUT2D eigenvalue weighted by Crippen LogP contribution is 2.43. The molecule has 2 fully saturated rings. The fourth-order valence-electron chi connectivity index (χ4n) is 3.84. The van der Waals surface area contributed by atoms with Crippen molar-refractivity contribution in [1.82, 2.24) is 0 Å². The Bertz CT molecular complexity index is 453. The van der Waals surface area contributed by atoms with Crippen LogP contribution in [0.15, 0.2) is 24.3 Å². The topological polar surface area (TPSA) is 29.5 Å². The summed E-state index contributed by atoms with van der Waals surface area (Å²) < 4.78 is 5.80. The van der Waals surface area contributed by atoms with Crippen molar-refractivity contribution in [3.8, 4) is 0 Å². The third kappa shape index (κ3) is 2.89. The van der Waals surface area contributed by atoms with Gasteiger partial charge in [0.2, 0.25) is 0 Å². The minimum absolute atomic E-state index is 0.384. The summed E-state index contributed by atoms with van der Waals surface area (Å²) in [4.78, 5) is 0. The first-order valence-corrected chi connectivity index (χ1v) is 8.48. The molecule has 0 bridgehead atoms. The van der Waals surface area contributed by atoms with E-state index in [-0.39, 0.29) is 5.60 Å². The third-order valence-corrected chi connectivity index (χ3v) is 5.85. The summed E-state index contributed by atoms with van der Waals surface area (Å²) in [5.41, 5.74) is 2.06. The molecule has 1 atom stereocenters. The summed E-state index contributed by atoms with van der Waals surface area (Å²) in [7, 11) is 1.75. The molecule has 1 aromatic carbocycles. The van der Waals surface area contributed by atoms with Crippen molar-refractivity contribution in [2.75, 3.05) is 7.11 Å². The Morgan fingerprint density at radius 1 is 1.10 bits per heavy atom. The molecule has 1 aromatic rings. The quantitative estimate of drug-likeness (QED) is 0.878. The summed E-state index contributed by atoms with van der Waals surface area (Å²) in [6.45, 7) is 2.29. The fourth-order valence-corrected chi connectivity index (χ4v) is 3.84. The van der Waals surface area contributed by atoms with Crippen molar-refractivity contribution in [1.29, 1.82) is 0 Å². The van der Waals surface area contributed by atoms with E-state index in [1.807, 2.05) is 0 Å². The minimum Gasteiger partial charge on any atom is -0.385 e. The van der Waals surface area contributed by atoms with E-state index in [0.717, 1.165) is 43.1 Å². The largest absolute Gasteiger partial charge is 0.385 e. The van der Waals surface area contributed by atoms with Crippen LogP contribution in [0.25, 0.3) is 0 Å². The van der Waals surface area contributed by atoms with Gasteiger partial charge in [-0.05, 0) is 61.5 Å². The lowest BCUT2D eigenvalue weighted by Crippen LogP contribution is -2.41. The zero-order valence-electron chi connectivity index (χ0n) is 13.3. The van der Waals surface area contributed by atoms with Gasteiger partial charge >= 0.3 is 0 Å². The maximum atomic E-state index is 10.9. The Hall–Kier alpha value is -0.860. The molecular formula is C19H28O2. The van der Waals surface area contributed by atoms with Crippen molar-refractivity contribution in [3.05, 3.63) is 35.4 Å². The Balaban J connectivity index is 1.74. The van der Waals surface area contributed by atoms with Crippen LogP contribution >= 0.6 is 0 Å². The van der Waals surface area contributed by atoms with Crippen LogP contribution in [0.1, 0.15) is 75.0 Å². The lowest BCUT2D eigenvalue weighted by Gasteiger charge is -2.42. The van der Waals surface area contributed by atoms with Gasteiger partial charge in [0.15, 0.2) is 0 Å². The predicted octanol–water partition coefficient (Wildman–Crippen LogP) is 4.58. The summed E-state index contributed by atoms with van der Waals surface area (Å²) >= 11 is 0. The van der Waals surface area contributed by atoms with Gasteiger partial charge < -0.3 is 9.84 Å². The van der Waals surface area contributed by atoms with Crippen molar-refractivity contribution >= 4 is 0 Å². The second-order valence-electron chi connectivity index (χ2n) is 7.15. The standard InChI is InChI=1S/C19H28O2/c1-14-10-12-19(21-2,13-11-14)18(20)17-8-6-16(7-9-17)15-4-3-5-15/h6-9,14-15,18,20H,3-5,10-13H2,1-2H3. The summed E-state index contributed by atoms with van der Waals surface area (Å²) in [6, 6.07) is 8.63. The molecule has 0 saturated heterocycles. The molecule has 0 radical (unpaired) electrons. The van der Waals surface area contributed by atoms with Crippen LogP contribution in [0.3, 0.4) is 0 Å². The molecule has 2 aliphatic carbocycles. The molecule has 0 amide bonds. The first-order chi connectivity index (χ1) is 10.1. The van der Waals surface area contributed by atoms with Crippen LogP contribution in [0, 0.1) is 5.92 Å². The molecule has 1 unspecified atom stereocenters. The lowest BCUT2D eigenvalue weighted by molar-refractivity contribution is -0.130. The second kappa shape index (κ2) is 6.10. The van der Waals surface area contributed by atoms with Gasteiger partial charge in [-0.25, -0.2) is 0 Å². The molecule has 2 nitrogen and oxygen atoms in total. The second-order valence-corrected chi connectivity index (χ2v) is 7.15. The van der Waals surface area contributed by atoms with Crippen molar-refractivity contribution in [2.24, 2.45) is 5.92 Å². The van der Waals surface area contributed by atoms with E-state index in [2.05, 4.69) is 31.2 Å². The highest BCUT2D eigenvalue weighted by molar-refractivity contribution is 5.29. The number of hydrogen-bond donors (Lipinski definition) is 1. The molecule has 0 spiro atoms. The summed E-state index contributed by atoms with van der Waals surface area (Å²) in [5, 5.41) is 10.9. The number of benzene rings is 1.